The molecule has 0 fully saturated rings. The third-order valence-electron chi connectivity index (χ3n) is 3.29. The molecule has 2 heterocycles. The molecule has 5 nitrogen and oxygen atoms in total. The fourth-order valence-corrected chi connectivity index (χ4v) is 2.28. The molecule has 1 aliphatic heterocycles. The highest BCUT2D eigenvalue weighted by Gasteiger charge is 2.17. The van der Waals surface area contributed by atoms with E-state index < -0.39 is 0 Å². The van der Waals surface area contributed by atoms with Gasteiger partial charge in [0.15, 0.2) is 11.5 Å². The van der Waals surface area contributed by atoms with Crippen LogP contribution >= 0.6 is 0 Å². The Morgan fingerprint density at radius 3 is 2.95 bits per heavy atom. The molecule has 0 unspecified atom stereocenters. The standard InChI is InChI=1S/C14H13N3O2/c1-9-11(5-6-15)17(2)14(16-9)10-3-4-12-13(7-10)19-8-18-12/h3-4,7H,5,8H2,1-2H3. The number of hydrogen-bond acceptors (Lipinski definition) is 4. The van der Waals surface area contributed by atoms with Crippen LogP contribution in [-0.2, 0) is 13.5 Å². The summed E-state index contributed by atoms with van der Waals surface area (Å²) in [5.41, 5.74) is 2.78. The fraction of sp³-hybridized carbons (Fsp3) is 0.286. The smallest absolute Gasteiger partial charge is 0.231 e. The number of ether oxygens (including phenoxy) is 2. The number of hydrogen-bond donors (Lipinski definition) is 0. The van der Waals surface area contributed by atoms with Gasteiger partial charge >= 0.3 is 0 Å². The number of rotatable bonds is 2. The Morgan fingerprint density at radius 1 is 1.37 bits per heavy atom. The van der Waals surface area contributed by atoms with Crippen molar-refractivity contribution in [2.45, 2.75) is 13.3 Å². The third-order valence-corrected chi connectivity index (χ3v) is 3.29. The highest BCUT2D eigenvalue weighted by molar-refractivity contribution is 5.63. The van der Waals surface area contributed by atoms with Crippen molar-refractivity contribution in [2.24, 2.45) is 7.05 Å². The van der Waals surface area contributed by atoms with Crippen LogP contribution in [0.15, 0.2) is 18.2 Å². The molecule has 1 aromatic carbocycles. The minimum Gasteiger partial charge on any atom is -0.454 e. The molecular formula is C14H13N3O2. The summed E-state index contributed by atoms with van der Waals surface area (Å²) in [6.45, 7) is 2.18. The largest absolute Gasteiger partial charge is 0.454 e. The van der Waals surface area contributed by atoms with Crippen LogP contribution in [0.4, 0.5) is 0 Å². The van der Waals surface area contributed by atoms with Crippen molar-refractivity contribution in [1.29, 1.82) is 5.26 Å². The summed E-state index contributed by atoms with van der Waals surface area (Å²) in [6.07, 6.45) is 0.361. The van der Waals surface area contributed by atoms with E-state index in [0.717, 1.165) is 34.3 Å². The molecule has 2 aromatic rings. The highest BCUT2D eigenvalue weighted by Crippen LogP contribution is 2.35. The Morgan fingerprint density at radius 2 is 2.16 bits per heavy atom. The molecule has 0 aliphatic carbocycles. The summed E-state index contributed by atoms with van der Waals surface area (Å²) in [4.78, 5) is 4.54. The van der Waals surface area contributed by atoms with Crippen molar-refractivity contribution in [3.05, 3.63) is 29.6 Å². The quantitative estimate of drug-likeness (QED) is 0.825. The Hall–Kier alpha value is -2.48. The van der Waals surface area contributed by atoms with E-state index in [9.17, 15) is 0 Å². The summed E-state index contributed by atoms with van der Waals surface area (Å²) in [5.74, 6) is 2.33. The summed E-state index contributed by atoms with van der Waals surface area (Å²) in [7, 11) is 1.92. The average Bonchev–Trinajstić information content (AvgIpc) is 2.97. The lowest BCUT2D eigenvalue weighted by Gasteiger charge is -2.05. The van der Waals surface area contributed by atoms with E-state index in [1.54, 1.807) is 0 Å². The molecule has 1 aromatic heterocycles. The van der Waals surface area contributed by atoms with Gasteiger partial charge in [-0.05, 0) is 25.1 Å². The fourth-order valence-electron chi connectivity index (χ4n) is 2.28. The van der Waals surface area contributed by atoms with E-state index in [2.05, 4.69) is 11.1 Å². The molecule has 0 atom stereocenters. The van der Waals surface area contributed by atoms with Gasteiger partial charge in [-0.15, -0.1) is 0 Å². The van der Waals surface area contributed by atoms with Crippen molar-refractivity contribution in [1.82, 2.24) is 9.55 Å². The SMILES string of the molecule is Cc1nc(-c2ccc3c(c2)OCO3)n(C)c1CC#N. The molecule has 0 bridgehead atoms. The Labute approximate surface area is 111 Å². The molecular weight excluding hydrogens is 242 g/mol. The maximum absolute atomic E-state index is 8.85. The second-order valence-corrected chi connectivity index (χ2v) is 4.43. The lowest BCUT2D eigenvalue weighted by molar-refractivity contribution is 0.174. The van der Waals surface area contributed by atoms with Crippen molar-refractivity contribution in [3.8, 4) is 29.0 Å². The average molecular weight is 255 g/mol. The second kappa shape index (κ2) is 4.32. The maximum Gasteiger partial charge on any atom is 0.231 e. The normalized spacial score (nSPS) is 12.5. The van der Waals surface area contributed by atoms with Crippen LogP contribution < -0.4 is 9.47 Å². The first kappa shape index (κ1) is 11.6. The first-order chi connectivity index (χ1) is 9.20. The van der Waals surface area contributed by atoms with Gasteiger partial charge in [0.2, 0.25) is 6.79 Å². The maximum atomic E-state index is 8.85. The van der Waals surface area contributed by atoms with Gasteiger partial charge in [-0.3, -0.25) is 0 Å². The molecule has 0 N–H and O–H groups in total. The monoisotopic (exact) mass is 255 g/mol. The Bertz CT molecular complexity index is 683. The van der Waals surface area contributed by atoms with E-state index in [1.165, 1.54) is 0 Å². The van der Waals surface area contributed by atoms with Crippen LogP contribution in [0.1, 0.15) is 11.4 Å². The number of nitriles is 1. The van der Waals surface area contributed by atoms with E-state index >= 15 is 0 Å². The number of aromatic nitrogens is 2. The number of imidazole rings is 1. The molecule has 3 rings (SSSR count). The third kappa shape index (κ3) is 1.82. The molecule has 96 valence electrons. The van der Waals surface area contributed by atoms with E-state index in [4.69, 9.17) is 14.7 Å². The van der Waals surface area contributed by atoms with Gasteiger partial charge in [0.1, 0.15) is 5.82 Å². The number of nitrogens with zero attached hydrogens (tertiary/aromatic N) is 3. The van der Waals surface area contributed by atoms with Crippen LogP contribution in [0.5, 0.6) is 11.5 Å². The van der Waals surface area contributed by atoms with E-state index in [1.807, 2.05) is 36.7 Å². The second-order valence-electron chi connectivity index (χ2n) is 4.43. The summed E-state index contributed by atoms with van der Waals surface area (Å²) < 4.78 is 12.6. The highest BCUT2D eigenvalue weighted by atomic mass is 16.7. The van der Waals surface area contributed by atoms with Crippen LogP contribution in [0.25, 0.3) is 11.4 Å². The Balaban J connectivity index is 2.08. The van der Waals surface area contributed by atoms with E-state index in [0.29, 0.717) is 6.42 Å². The van der Waals surface area contributed by atoms with Gasteiger partial charge in [0.25, 0.3) is 0 Å². The zero-order chi connectivity index (χ0) is 13.4. The first-order valence-corrected chi connectivity index (χ1v) is 6.00. The van der Waals surface area contributed by atoms with Gasteiger partial charge in [-0.1, -0.05) is 0 Å². The first-order valence-electron chi connectivity index (χ1n) is 6.00. The van der Waals surface area contributed by atoms with Gasteiger partial charge in [0.05, 0.1) is 23.9 Å². The topological polar surface area (TPSA) is 60.1 Å². The van der Waals surface area contributed by atoms with Crippen LogP contribution in [0.3, 0.4) is 0 Å². The Kier molecular flexibility index (Phi) is 2.64. The number of benzene rings is 1. The molecule has 0 saturated heterocycles. The van der Waals surface area contributed by atoms with Gasteiger partial charge in [-0.25, -0.2) is 4.98 Å². The van der Waals surface area contributed by atoms with Crippen molar-refractivity contribution in [3.63, 3.8) is 0 Å². The molecule has 0 amide bonds. The van der Waals surface area contributed by atoms with Crippen LogP contribution in [0.2, 0.25) is 0 Å². The number of fused-ring (bicyclic) bond motifs is 1. The lowest BCUT2D eigenvalue weighted by Crippen LogP contribution is -1.98. The van der Waals surface area contributed by atoms with Crippen molar-refractivity contribution < 1.29 is 9.47 Å². The number of aryl methyl sites for hydroxylation is 1. The summed E-state index contributed by atoms with van der Waals surface area (Å²) >= 11 is 0. The molecule has 1 aliphatic rings. The van der Waals surface area contributed by atoms with Gasteiger partial charge in [0, 0.05) is 12.6 Å². The molecule has 0 radical (unpaired) electrons. The van der Waals surface area contributed by atoms with E-state index in [-0.39, 0.29) is 6.79 Å². The van der Waals surface area contributed by atoms with Gasteiger partial charge in [-0.2, -0.15) is 5.26 Å². The zero-order valence-electron chi connectivity index (χ0n) is 10.8. The van der Waals surface area contributed by atoms with Crippen LogP contribution in [0, 0.1) is 18.3 Å². The summed E-state index contributed by atoms with van der Waals surface area (Å²) in [5, 5.41) is 8.85. The van der Waals surface area contributed by atoms with Crippen molar-refractivity contribution >= 4 is 0 Å². The minimum atomic E-state index is 0.262. The summed E-state index contributed by atoms with van der Waals surface area (Å²) in [6, 6.07) is 7.91. The predicted molar refractivity (Wildman–Crippen MR) is 68.8 cm³/mol. The van der Waals surface area contributed by atoms with Crippen molar-refractivity contribution in [2.75, 3.05) is 6.79 Å². The molecule has 0 saturated carbocycles. The van der Waals surface area contributed by atoms with Crippen LogP contribution in [-0.4, -0.2) is 16.3 Å². The minimum absolute atomic E-state index is 0.262. The molecule has 19 heavy (non-hydrogen) atoms. The predicted octanol–water partition coefficient (Wildman–Crippen LogP) is 2.19. The van der Waals surface area contributed by atoms with Gasteiger partial charge < -0.3 is 14.0 Å². The molecule has 5 heteroatoms. The molecule has 0 spiro atoms. The zero-order valence-corrected chi connectivity index (χ0v) is 10.8. The lowest BCUT2D eigenvalue weighted by atomic mass is 10.2.